The molecule has 10 N–H and O–H groups in total. The lowest BCUT2D eigenvalue weighted by Crippen LogP contribution is -2.62. The summed E-state index contributed by atoms with van der Waals surface area (Å²) in [6, 6.07) is -4.90. The molecule has 5 heterocycles. The van der Waals surface area contributed by atoms with Crippen molar-refractivity contribution in [3.05, 3.63) is 22.1 Å². The third kappa shape index (κ3) is 7.50. The number of imidazole rings is 1. The standard InChI is InChI=1S/C29H34N8O14S3/c1-9(14(39)5-10(2)27(44)45)6-16-19-28(46)50-26-18(12(4)51-54(47,48)49)34-23(42)13(8-38)33-22(41)11(3)32-25-20-24(43)35-21(15(40)7-17(30)31)36(20)29(52-16,53-25)37(19)26/h9-13,18,38H,5-8H2,1-4H3,(H7-,30,31,32,33,34,41,42,43,44,45,47,48,49)/p+2. The summed E-state index contributed by atoms with van der Waals surface area (Å²) in [7, 11) is -5.50. The molecule has 7 unspecified atom stereocenters. The molecule has 4 aliphatic heterocycles. The Balaban J connectivity index is 1.84. The minimum Gasteiger partial charge on any atom is -0.726 e. The van der Waals surface area contributed by atoms with Gasteiger partial charge in [0, 0.05) is 35.9 Å². The zero-order valence-electron chi connectivity index (χ0n) is 28.8. The van der Waals surface area contributed by atoms with Gasteiger partial charge in [-0.15, -0.1) is 4.57 Å². The van der Waals surface area contributed by atoms with Crippen LogP contribution in [0, 0.1) is 11.8 Å². The minimum atomic E-state index is -5.50. The maximum absolute atomic E-state index is 14.0. The Morgan fingerprint density at radius 2 is 1.81 bits per heavy atom. The second kappa shape index (κ2) is 14.9. The van der Waals surface area contributed by atoms with Crippen LogP contribution in [0.5, 0.6) is 5.88 Å². The van der Waals surface area contributed by atoms with Crippen molar-refractivity contribution in [3.8, 4) is 5.88 Å². The van der Waals surface area contributed by atoms with Crippen molar-refractivity contribution in [1.29, 1.82) is 0 Å². The number of thioether (sulfide) groups is 2. The molecule has 25 heteroatoms. The first-order chi connectivity index (χ1) is 25.1. The number of carbonyl (C=O) groups is 6. The number of aliphatic imine (C=N–C) groups is 1. The van der Waals surface area contributed by atoms with Crippen LogP contribution in [-0.2, 0) is 47.6 Å². The number of amides is 2. The molecule has 0 fully saturated rings. The van der Waals surface area contributed by atoms with Gasteiger partial charge in [-0.3, -0.25) is 44.3 Å². The molecule has 0 radical (unpaired) electrons. The van der Waals surface area contributed by atoms with Crippen LogP contribution in [-0.4, -0.2) is 121 Å². The zero-order chi connectivity index (χ0) is 40.2. The second-order valence-corrected chi connectivity index (χ2v) is 16.5. The van der Waals surface area contributed by atoms with Crippen molar-refractivity contribution < 1.29 is 80.5 Å². The predicted molar refractivity (Wildman–Crippen MR) is 182 cm³/mol. The number of rotatable bonds is 13. The van der Waals surface area contributed by atoms with E-state index < -0.39 is 111 Å². The number of carbonyl (C=O) groups excluding carboxylic acids is 5. The van der Waals surface area contributed by atoms with Crippen molar-refractivity contribution in [2.75, 3.05) is 6.61 Å². The minimum absolute atomic E-state index is 0.108. The monoisotopic (exact) mass is 816 g/mol. The van der Waals surface area contributed by atoms with Crippen LogP contribution < -0.4 is 26.3 Å². The number of aromatic amines is 1. The number of nitrogens with zero attached hydrogens (tertiary/aromatic N) is 3. The first kappa shape index (κ1) is 40.5. The quantitative estimate of drug-likeness (QED) is 0.0177. The average molecular weight is 817 g/mol. The van der Waals surface area contributed by atoms with Crippen molar-refractivity contribution >= 4 is 86.0 Å². The molecule has 1 aromatic rings. The lowest BCUT2D eigenvalue weighted by atomic mass is 9.94. The van der Waals surface area contributed by atoms with Crippen LogP contribution in [0.3, 0.4) is 0 Å². The first-order valence-electron chi connectivity index (χ1n) is 16.1. The van der Waals surface area contributed by atoms with Gasteiger partial charge in [0.25, 0.3) is 11.5 Å². The molecule has 0 aromatic carbocycles. The number of aliphatic hydroxyl groups excluding tert-OH is 1. The van der Waals surface area contributed by atoms with E-state index in [-0.39, 0.29) is 45.8 Å². The summed E-state index contributed by atoms with van der Waals surface area (Å²) in [6.45, 7) is 4.22. The van der Waals surface area contributed by atoms with Gasteiger partial charge in [0.1, 0.15) is 30.4 Å². The number of H-pyrrole nitrogens is 1. The average Bonchev–Trinajstić information content (AvgIpc) is 3.77. The molecule has 1 aromatic heterocycles. The number of allylic oxidation sites excluding steroid dienone is 1. The van der Waals surface area contributed by atoms with Gasteiger partial charge in [0.15, 0.2) is 11.1 Å². The fourth-order valence-corrected chi connectivity index (χ4v) is 9.94. The van der Waals surface area contributed by atoms with Crippen molar-refractivity contribution in [2.24, 2.45) is 22.6 Å². The SMILES string of the molecule is CC(CC(=O)C(C)CC1=C2C(=O)OC3=[N+]2C2(SC(=NC(C)C(=O)NC(CO)C(=O)NC3C(C)OS(=O)(=O)[O-])c3c(O)[nH]c(C(=O)CC(N)=[NH2+])[n+]32)S1)C(=O)O. The van der Waals surface area contributed by atoms with Crippen LogP contribution >= 0.6 is 23.5 Å². The molecule has 2 bridgehead atoms. The van der Waals surface area contributed by atoms with Gasteiger partial charge in [0.2, 0.25) is 28.0 Å². The fraction of sp³-hybridized carbons (Fsp3) is 0.517. The van der Waals surface area contributed by atoms with Crippen LogP contribution in [0.15, 0.2) is 15.6 Å². The molecule has 0 saturated heterocycles. The number of fused-ring (bicyclic) bond motifs is 3. The van der Waals surface area contributed by atoms with Crippen molar-refractivity contribution in [2.45, 2.75) is 75.5 Å². The highest BCUT2D eigenvalue weighted by Gasteiger charge is 2.73. The number of aromatic hydroxyl groups is 1. The molecule has 0 aliphatic carbocycles. The van der Waals surface area contributed by atoms with Gasteiger partial charge in [-0.05, 0) is 20.3 Å². The molecular weight excluding hydrogens is 781 g/mol. The molecule has 54 heavy (non-hydrogen) atoms. The van der Waals surface area contributed by atoms with Gasteiger partial charge in [0.05, 0.1) is 17.4 Å². The predicted octanol–water partition coefficient (Wildman–Crippen LogP) is -4.38. The van der Waals surface area contributed by atoms with E-state index in [0.717, 1.165) is 35.0 Å². The number of aliphatic carboxylic acids is 1. The number of carboxylic acids is 1. The number of hydrogen-bond acceptors (Lipinski definition) is 16. The Morgan fingerprint density at radius 1 is 1.15 bits per heavy atom. The van der Waals surface area contributed by atoms with Gasteiger partial charge < -0.3 is 35.2 Å². The Bertz CT molecular complexity index is 2100. The van der Waals surface area contributed by atoms with E-state index in [1.807, 2.05) is 0 Å². The van der Waals surface area contributed by atoms with Crippen LogP contribution in [0.25, 0.3) is 0 Å². The molecule has 2 amide bonds. The summed E-state index contributed by atoms with van der Waals surface area (Å²) in [5, 5.41) is 40.9. The van der Waals surface area contributed by atoms with Gasteiger partial charge >= 0.3 is 39.6 Å². The summed E-state index contributed by atoms with van der Waals surface area (Å²) in [5.41, 5.74) is 5.17. The van der Waals surface area contributed by atoms with Crippen LogP contribution in [0.4, 0.5) is 0 Å². The number of nitrogens with two attached hydrogens (primary N) is 2. The van der Waals surface area contributed by atoms with Gasteiger partial charge in [-0.25, -0.2) is 18.2 Å². The number of amidine groups is 1. The molecule has 292 valence electrons. The fourth-order valence-electron chi connectivity index (χ4n) is 5.99. The highest BCUT2D eigenvalue weighted by Crippen LogP contribution is 2.59. The Hall–Kier alpha value is -4.69. The Kier molecular flexibility index (Phi) is 11.1. The number of carboxylic acid groups (broad SMARTS) is 1. The van der Waals surface area contributed by atoms with E-state index >= 15 is 0 Å². The third-order valence-corrected chi connectivity index (χ3v) is 12.1. The number of esters is 1. The van der Waals surface area contributed by atoms with Gasteiger partial charge in [-0.1, -0.05) is 18.4 Å². The Labute approximate surface area is 314 Å². The van der Waals surface area contributed by atoms with Crippen LogP contribution in [0.2, 0.25) is 0 Å². The van der Waals surface area contributed by atoms with E-state index in [1.165, 1.54) is 25.3 Å². The number of aliphatic hydroxyl groups is 1. The highest BCUT2D eigenvalue weighted by atomic mass is 32.3. The number of ether oxygens (including phenoxy) is 1. The number of aromatic nitrogens is 2. The lowest BCUT2D eigenvalue weighted by Gasteiger charge is -2.26. The first-order valence-corrected chi connectivity index (χ1v) is 19.0. The topological polar surface area (TPSA) is 349 Å². The molecule has 4 aliphatic rings. The summed E-state index contributed by atoms with van der Waals surface area (Å²) < 4.78 is 46.3. The highest BCUT2D eigenvalue weighted by molar-refractivity contribution is 8.26. The van der Waals surface area contributed by atoms with Crippen molar-refractivity contribution in [1.82, 2.24) is 15.6 Å². The largest absolute Gasteiger partial charge is 0.726 e. The number of nitrogens with one attached hydrogen (secondary N) is 3. The van der Waals surface area contributed by atoms with E-state index in [4.69, 9.17) is 15.9 Å². The molecule has 22 nitrogen and oxygen atoms in total. The Morgan fingerprint density at radius 3 is 2.41 bits per heavy atom. The maximum atomic E-state index is 14.0. The van der Waals surface area contributed by atoms with Crippen molar-refractivity contribution in [3.63, 3.8) is 0 Å². The maximum Gasteiger partial charge on any atom is 0.422 e. The molecule has 7 atom stereocenters. The summed E-state index contributed by atoms with van der Waals surface area (Å²) in [4.78, 5) is 86.4. The van der Waals surface area contributed by atoms with E-state index in [0.29, 0.717) is 0 Å². The summed E-state index contributed by atoms with van der Waals surface area (Å²) in [6.07, 6.45) is -2.99. The number of ketones is 2. The molecule has 5 rings (SSSR count). The lowest BCUT2D eigenvalue weighted by molar-refractivity contribution is -0.852. The van der Waals surface area contributed by atoms with Gasteiger partial charge in [-0.2, -0.15) is 0 Å². The normalized spacial score (nSPS) is 25.6. The van der Waals surface area contributed by atoms with E-state index in [2.05, 4.69) is 24.8 Å². The summed E-state index contributed by atoms with van der Waals surface area (Å²) >= 11 is 1.63. The van der Waals surface area contributed by atoms with E-state index in [1.54, 1.807) is 0 Å². The number of Topliss-reactive ketones (excluding diaryl/α,β-unsaturated/α-hetero) is 2. The third-order valence-electron chi connectivity index (χ3n) is 8.67. The smallest absolute Gasteiger partial charge is 0.422 e. The molecule has 1 spiro atoms. The zero-order valence-corrected chi connectivity index (χ0v) is 31.3. The number of hydrogen-bond donors (Lipinski definition) is 8. The molecular formula is C29H36N8O14S3+2. The second-order valence-electron chi connectivity index (χ2n) is 12.8. The summed E-state index contributed by atoms with van der Waals surface area (Å²) in [5.74, 6) is -9.48. The van der Waals surface area contributed by atoms with Crippen LogP contribution in [0.1, 0.15) is 63.3 Å². The van der Waals surface area contributed by atoms with E-state index in [9.17, 15) is 57.1 Å². The molecule has 0 saturated carbocycles.